The highest BCUT2D eigenvalue weighted by molar-refractivity contribution is 9.10. The minimum absolute atomic E-state index is 0.148. The first-order valence-electron chi connectivity index (χ1n) is 7.44. The summed E-state index contributed by atoms with van der Waals surface area (Å²) in [6.07, 6.45) is 4.40. The van der Waals surface area contributed by atoms with Gasteiger partial charge in [0.1, 0.15) is 0 Å². The number of carbonyl (C=O) groups is 1. The molecule has 1 rings (SSSR count). The van der Waals surface area contributed by atoms with Crippen molar-refractivity contribution in [2.75, 3.05) is 13.1 Å². The van der Waals surface area contributed by atoms with E-state index in [0.29, 0.717) is 10.7 Å². The lowest BCUT2D eigenvalue weighted by Crippen LogP contribution is -2.43. The van der Waals surface area contributed by atoms with Gasteiger partial charge in [-0.15, -0.1) is 0 Å². The maximum atomic E-state index is 12.2. The van der Waals surface area contributed by atoms with Crippen LogP contribution in [0.2, 0.25) is 0 Å². The van der Waals surface area contributed by atoms with Crippen LogP contribution < -0.4 is 5.32 Å². The van der Waals surface area contributed by atoms with Crippen molar-refractivity contribution in [2.24, 2.45) is 0 Å². The average Bonchev–Trinajstić information content (AvgIpc) is 2.47. The van der Waals surface area contributed by atoms with Gasteiger partial charge in [-0.1, -0.05) is 42.6 Å². The van der Waals surface area contributed by atoms with Crippen molar-refractivity contribution < 1.29 is 4.79 Å². The number of nitrogens with zero attached hydrogens (tertiary/aromatic N) is 1. The Labute approximate surface area is 141 Å². The number of unbranched alkanes of at least 4 members (excludes halogenated alkanes) is 2. The number of hydrogen-bond acceptors (Lipinski definition) is 2. The first-order valence-corrected chi connectivity index (χ1v) is 8.64. The first-order chi connectivity index (χ1) is 10.1. The molecule has 0 aliphatic carbocycles. The fourth-order valence-corrected chi connectivity index (χ4v) is 2.40. The lowest BCUT2D eigenvalue weighted by atomic mass is 10.2. The minimum Gasteiger partial charge on any atom is -0.349 e. The predicted octanol–water partition coefficient (Wildman–Crippen LogP) is 4.37. The summed E-state index contributed by atoms with van der Waals surface area (Å²) in [4.78, 5) is 14.3. The molecule has 1 aromatic rings. The van der Waals surface area contributed by atoms with E-state index in [-0.39, 0.29) is 5.91 Å². The first kappa shape index (κ1) is 18.1. The van der Waals surface area contributed by atoms with Crippen molar-refractivity contribution in [2.45, 2.75) is 39.5 Å². The maximum Gasteiger partial charge on any atom is 0.257 e. The zero-order chi connectivity index (χ0) is 15.7. The fraction of sp³-hybridized carbons (Fsp3) is 0.500. The van der Waals surface area contributed by atoms with Gasteiger partial charge >= 0.3 is 0 Å². The summed E-state index contributed by atoms with van der Waals surface area (Å²) >= 11 is 8.75. The minimum atomic E-state index is -0.148. The zero-order valence-electron chi connectivity index (χ0n) is 12.7. The fourth-order valence-electron chi connectivity index (χ4n) is 1.86. The SMILES string of the molecule is CCCCN(CCCC)C(=S)NC(=O)c1ccc(Br)cc1. The quantitative estimate of drug-likeness (QED) is 0.723. The van der Waals surface area contributed by atoms with E-state index < -0.39 is 0 Å². The average molecular weight is 371 g/mol. The van der Waals surface area contributed by atoms with Gasteiger partial charge in [-0.25, -0.2) is 0 Å². The Kier molecular flexibility index (Phi) is 8.54. The molecule has 1 aromatic carbocycles. The van der Waals surface area contributed by atoms with Gasteiger partial charge in [0.15, 0.2) is 5.11 Å². The van der Waals surface area contributed by atoms with Gasteiger partial charge in [-0.3, -0.25) is 10.1 Å². The molecule has 5 heteroatoms. The summed E-state index contributed by atoms with van der Waals surface area (Å²) in [6.45, 7) is 6.11. The van der Waals surface area contributed by atoms with Crippen LogP contribution in [0.5, 0.6) is 0 Å². The molecule has 0 atom stereocenters. The Bertz CT molecular complexity index is 454. The number of thiocarbonyl (C=S) groups is 1. The summed E-state index contributed by atoms with van der Waals surface area (Å²) in [7, 11) is 0. The maximum absolute atomic E-state index is 12.2. The molecular weight excluding hydrogens is 348 g/mol. The van der Waals surface area contributed by atoms with Gasteiger partial charge in [0.2, 0.25) is 0 Å². The van der Waals surface area contributed by atoms with Gasteiger partial charge < -0.3 is 4.90 Å². The van der Waals surface area contributed by atoms with E-state index in [9.17, 15) is 4.79 Å². The van der Waals surface area contributed by atoms with Gasteiger partial charge in [0.05, 0.1) is 0 Å². The lowest BCUT2D eigenvalue weighted by Gasteiger charge is -2.25. The normalized spacial score (nSPS) is 10.2. The molecule has 0 aromatic heterocycles. The molecule has 0 bridgehead atoms. The molecule has 21 heavy (non-hydrogen) atoms. The van der Waals surface area contributed by atoms with Crippen molar-refractivity contribution in [3.05, 3.63) is 34.3 Å². The van der Waals surface area contributed by atoms with Crippen molar-refractivity contribution >= 4 is 39.2 Å². The van der Waals surface area contributed by atoms with E-state index in [1.54, 1.807) is 12.1 Å². The monoisotopic (exact) mass is 370 g/mol. The Balaban J connectivity index is 2.61. The van der Waals surface area contributed by atoms with Crippen LogP contribution in [0.4, 0.5) is 0 Å². The van der Waals surface area contributed by atoms with Crippen molar-refractivity contribution in [1.82, 2.24) is 10.2 Å². The van der Waals surface area contributed by atoms with Crippen LogP contribution in [-0.4, -0.2) is 29.0 Å². The van der Waals surface area contributed by atoms with E-state index in [2.05, 4.69) is 40.0 Å². The molecule has 0 fully saturated rings. The van der Waals surface area contributed by atoms with Crippen LogP contribution in [0.15, 0.2) is 28.7 Å². The second-order valence-corrected chi connectivity index (χ2v) is 6.26. The van der Waals surface area contributed by atoms with Crippen LogP contribution in [-0.2, 0) is 0 Å². The third-order valence-corrected chi connectivity index (χ3v) is 4.07. The molecule has 0 aliphatic rings. The smallest absolute Gasteiger partial charge is 0.257 e. The standard InChI is InChI=1S/C16H23BrN2OS/c1-3-5-11-19(12-6-4-2)16(21)18-15(20)13-7-9-14(17)10-8-13/h7-10H,3-6,11-12H2,1-2H3,(H,18,20,21). The van der Waals surface area contributed by atoms with Crippen LogP contribution in [0.3, 0.4) is 0 Å². The van der Waals surface area contributed by atoms with E-state index in [1.165, 1.54) is 0 Å². The highest BCUT2D eigenvalue weighted by Crippen LogP contribution is 2.10. The van der Waals surface area contributed by atoms with Gasteiger partial charge in [-0.05, 0) is 49.3 Å². The molecule has 0 saturated carbocycles. The summed E-state index contributed by atoms with van der Waals surface area (Å²) in [5.74, 6) is -0.148. The van der Waals surface area contributed by atoms with Crippen LogP contribution in [0, 0.1) is 0 Å². The van der Waals surface area contributed by atoms with E-state index in [0.717, 1.165) is 43.2 Å². The van der Waals surface area contributed by atoms with Crippen LogP contribution >= 0.6 is 28.1 Å². The van der Waals surface area contributed by atoms with E-state index in [1.807, 2.05) is 12.1 Å². The molecule has 0 saturated heterocycles. The highest BCUT2D eigenvalue weighted by Gasteiger charge is 2.13. The van der Waals surface area contributed by atoms with Crippen LogP contribution in [0.1, 0.15) is 49.9 Å². The Morgan fingerprint density at radius 3 is 2.14 bits per heavy atom. The van der Waals surface area contributed by atoms with Gasteiger partial charge in [0, 0.05) is 23.1 Å². The highest BCUT2D eigenvalue weighted by atomic mass is 79.9. The number of benzene rings is 1. The second-order valence-electron chi connectivity index (χ2n) is 4.96. The Morgan fingerprint density at radius 2 is 1.67 bits per heavy atom. The molecule has 0 spiro atoms. The Morgan fingerprint density at radius 1 is 1.14 bits per heavy atom. The topological polar surface area (TPSA) is 32.3 Å². The molecule has 0 radical (unpaired) electrons. The van der Waals surface area contributed by atoms with E-state index in [4.69, 9.17) is 12.2 Å². The number of rotatable bonds is 7. The van der Waals surface area contributed by atoms with Gasteiger partial charge in [-0.2, -0.15) is 0 Å². The number of nitrogens with one attached hydrogen (secondary N) is 1. The summed E-state index contributed by atoms with van der Waals surface area (Å²) in [6, 6.07) is 7.27. The predicted molar refractivity (Wildman–Crippen MR) is 95.6 cm³/mol. The van der Waals surface area contributed by atoms with Crippen LogP contribution in [0.25, 0.3) is 0 Å². The molecular formula is C16H23BrN2OS. The largest absolute Gasteiger partial charge is 0.349 e. The van der Waals surface area contributed by atoms with E-state index >= 15 is 0 Å². The van der Waals surface area contributed by atoms with Crippen molar-refractivity contribution in [3.8, 4) is 0 Å². The summed E-state index contributed by atoms with van der Waals surface area (Å²) < 4.78 is 0.953. The number of carbonyl (C=O) groups excluding carboxylic acids is 1. The molecule has 116 valence electrons. The number of halogens is 1. The number of hydrogen-bond donors (Lipinski definition) is 1. The zero-order valence-corrected chi connectivity index (χ0v) is 15.1. The summed E-state index contributed by atoms with van der Waals surface area (Å²) in [5, 5.41) is 3.37. The third-order valence-electron chi connectivity index (χ3n) is 3.18. The molecule has 0 heterocycles. The molecule has 3 nitrogen and oxygen atoms in total. The Hall–Kier alpha value is -0.940. The molecule has 1 N–H and O–H groups in total. The van der Waals surface area contributed by atoms with Crippen molar-refractivity contribution in [1.29, 1.82) is 0 Å². The number of amides is 1. The van der Waals surface area contributed by atoms with Gasteiger partial charge in [0.25, 0.3) is 5.91 Å². The second kappa shape index (κ2) is 9.90. The molecule has 0 aliphatic heterocycles. The molecule has 0 unspecified atom stereocenters. The lowest BCUT2D eigenvalue weighted by molar-refractivity contribution is 0.0973. The third kappa shape index (κ3) is 6.57. The summed E-state index contributed by atoms with van der Waals surface area (Å²) in [5.41, 5.74) is 0.617. The van der Waals surface area contributed by atoms with Crippen molar-refractivity contribution in [3.63, 3.8) is 0 Å². The molecule has 1 amide bonds.